The molecule has 118 valence electrons. The van der Waals surface area contributed by atoms with E-state index in [2.05, 4.69) is 36.5 Å². The Morgan fingerprint density at radius 3 is 2.62 bits per heavy atom. The van der Waals surface area contributed by atoms with Crippen LogP contribution in [-0.4, -0.2) is 18.6 Å². The fourth-order valence-electron chi connectivity index (χ4n) is 3.02. The van der Waals surface area contributed by atoms with E-state index in [1.807, 2.05) is 13.0 Å². The number of carbonyl (C=O) groups excluding carboxylic acids is 1. The molecule has 4 heteroatoms. The van der Waals surface area contributed by atoms with Crippen molar-refractivity contribution in [3.05, 3.63) is 35.9 Å². The van der Waals surface area contributed by atoms with Crippen LogP contribution in [0, 0.1) is 5.92 Å². The third-order valence-electron chi connectivity index (χ3n) is 4.12. The summed E-state index contributed by atoms with van der Waals surface area (Å²) in [6.07, 6.45) is 4.31. The molecule has 0 heterocycles. The molecule has 0 spiro atoms. The lowest BCUT2D eigenvalue weighted by molar-refractivity contribution is -0.150. The van der Waals surface area contributed by atoms with Gasteiger partial charge in [-0.1, -0.05) is 43.2 Å². The molecule has 21 heavy (non-hydrogen) atoms. The molecule has 0 saturated heterocycles. The number of carbonyl (C=O) groups is 1. The highest BCUT2D eigenvalue weighted by molar-refractivity contribution is 8.93. The highest BCUT2D eigenvalue weighted by Gasteiger charge is 2.32. The van der Waals surface area contributed by atoms with Crippen molar-refractivity contribution in [3.63, 3.8) is 0 Å². The summed E-state index contributed by atoms with van der Waals surface area (Å²) in [5, 5.41) is 3.62. The summed E-state index contributed by atoms with van der Waals surface area (Å²) in [5.41, 5.74) is 1.26. The zero-order chi connectivity index (χ0) is 14.4. The van der Waals surface area contributed by atoms with Crippen molar-refractivity contribution in [2.24, 2.45) is 5.92 Å². The highest BCUT2D eigenvalue weighted by Crippen LogP contribution is 2.27. The molecule has 0 amide bonds. The van der Waals surface area contributed by atoms with Crippen LogP contribution in [0.1, 0.15) is 51.1 Å². The smallest absolute Gasteiger partial charge is 0.310 e. The van der Waals surface area contributed by atoms with Gasteiger partial charge < -0.3 is 10.1 Å². The third-order valence-corrected chi connectivity index (χ3v) is 4.12. The molecule has 1 aliphatic carbocycles. The van der Waals surface area contributed by atoms with Gasteiger partial charge in [-0.3, -0.25) is 4.79 Å². The lowest BCUT2D eigenvalue weighted by Crippen LogP contribution is -2.43. The average molecular weight is 356 g/mol. The third kappa shape index (κ3) is 5.11. The van der Waals surface area contributed by atoms with Crippen molar-refractivity contribution >= 4 is 23.0 Å². The van der Waals surface area contributed by atoms with E-state index < -0.39 is 0 Å². The molecule has 0 bridgehead atoms. The quantitative estimate of drug-likeness (QED) is 0.810. The molecule has 1 aliphatic rings. The van der Waals surface area contributed by atoms with Crippen LogP contribution in [0.15, 0.2) is 30.3 Å². The summed E-state index contributed by atoms with van der Waals surface area (Å²) in [7, 11) is 0. The number of rotatable bonds is 5. The first-order chi connectivity index (χ1) is 9.72. The SMILES string of the molecule is Br.CCOC(=O)[C@@H]1CCCC[C@@H]1N[C@@H](C)c1ccccc1. The predicted molar refractivity (Wildman–Crippen MR) is 90.7 cm³/mol. The van der Waals surface area contributed by atoms with Crippen molar-refractivity contribution in [3.8, 4) is 0 Å². The first-order valence-electron chi connectivity index (χ1n) is 7.70. The molecule has 0 unspecified atom stereocenters. The Labute approximate surface area is 138 Å². The number of hydrogen-bond donors (Lipinski definition) is 1. The Bertz CT molecular complexity index is 424. The second-order valence-electron chi connectivity index (χ2n) is 5.55. The van der Waals surface area contributed by atoms with E-state index in [4.69, 9.17) is 4.74 Å². The van der Waals surface area contributed by atoms with Gasteiger partial charge in [0.25, 0.3) is 0 Å². The van der Waals surface area contributed by atoms with Gasteiger partial charge in [-0.05, 0) is 32.3 Å². The Hall–Kier alpha value is -0.870. The van der Waals surface area contributed by atoms with Crippen LogP contribution >= 0.6 is 17.0 Å². The number of nitrogens with one attached hydrogen (secondary N) is 1. The van der Waals surface area contributed by atoms with Gasteiger partial charge in [0.15, 0.2) is 0 Å². The monoisotopic (exact) mass is 355 g/mol. The summed E-state index contributed by atoms with van der Waals surface area (Å²) in [6, 6.07) is 10.9. The maximum Gasteiger partial charge on any atom is 0.310 e. The number of benzene rings is 1. The van der Waals surface area contributed by atoms with Crippen LogP contribution in [-0.2, 0) is 9.53 Å². The minimum atomic E-state index is -0.0371. The summed E-state index contributed by atoms with van der Waals surface area (Å²) >= 11 is 0. The summed E-state index contributed by atoms with van der Waals surface area (Å²) in [6.45, 7) is 4.50. The molecule has 1 aromatic carbocycles. The standard InChI is InChI=1S/C17H25NO2.BrH/c1-3-20-17(19)15-11-7-8-12-16(15)18-13(2)14-9-5-4-6-10-14;/h4-6,9-10,13,15-16,18H,3,7-8,11-12H2,1-2H3;1H/t13-,15+,16-;/m0./s1. The minimum absolute atomic E-state index is 0. The Morgan fingerprint density at radius 1 is 1.29 bits per heavy atom. The van der Waals surface area contributed by atoms with Crippen molar-refractivity contribution in [2.45, 2.75) is 51.6 Å². The minimum Gasteiger partial charge on any atom is -0.466 e. The first kappa shape index (κ1) is 18.2. The molecule has 3 atom stereocenters. The molecule has 1 N–H and O–H groups in total. The van der Waals surface area contributed by atoms with Gasteiger partial charge in [0.2, 0.25) is 0 Å². The number of esters is 1. The molecule has 1 fully saturated rings. The van der Waals surface area contributed by atoms with Gasteiger partial charge in [0.1, 0.15) is 0 Å². The van der Waals surface area contributed by atoms with Gasteiger partial charge in [-0.25, -0.2) is 0 Å². The second-order valence-corrected chi connectivity index (χ2v) is 5.55. The zero-order valence-electron chi connectivity index (χ0n) is 12.9. The molecule has 0 aromatic heterocycles. The Morgan fingerprint density at radius 2 is 1.95 bits per heavy atom. The molecule has 0 aliphatic heterocycles. The van der Waals surface area contributed by atoms with Gasteiger partial charge in [0, 0.05) is 12.1 Å². The fourth-order valence-corrected chi connectivity index (χ4v) is 3.02. The van der Waals surface area contributed by atoms with Crippen LogP contribution in [0.5, 0.6) is 0 Å². The van der Waals surface area contributed by atoms with Gasteiger partial charge in [-0.2, -0.15) is 0 Å². The molecule has 2 rings (SSSR count). The maximum atomic E-state index is 12.1. The summed E-state index contributed by atoms with van der Waals surface area (Å²) in [5.74, 6) is -0.0279. The van der Waals surface area contributed by atoms with E-state index in [9.17, 15) is 4.79 Å². The molecule has 1 aromatic rings. The number of ether oxygens (including phenoxy) is 1. The molecule has 3 nitrogen and oxygen atoms in total. The van der Waals surface area contributed by atoms with Crippen molar-refractivity contribution in [1.29, 1.82) is 0 Å². The van der Waals surface area contributed by atoms with E-state index >= 15 is 0 Å². The largest absolute Gasteiger partial charge is 0.466 e. The topological polar surface area (TPSA) is 38.3 Å². The average Bonchev–Trinajstić information content (AvgIpc) is 2.49. The van der Waals surface area contributed by atoms with E-state index in [1.54, 1.807) is 0 Å². The molecule has 1 saturated carbocycles. The van der Waals surface area contributed by atoms with Crippen molar-refractivity contribution in [1.82, 2.24) is 5.32 Å². The lowest BCUT2D eigenvalue weighted by atomic mass is 9.84. The van der Waals surface area contributed by atoms with E-state index in [-0.39, 0.29) is 41.0 Å². The fraction of sp³-hybridized carbons (Fsp3) is 0.588. The predicted octanol–water partition coefficient (Wildman–Crippen LogP) is 4.04. The Kier molecular flexibility index (Phi) is 7.97. The zero-order valence-corrected chi connectivity index (χ0v) is 14.6. The van der Waals surface area contributed by atoms with E-state index in [0.29, 0.717) is 6.61 Å². The second kappa shape index (κ2) is 9.21. The van der Waals surface area contributed by atoms with Gasteiger partial charge in [0.05, 0.1) is 12.5 Å². The lowest BCUT2D eigenvalue weighted by Gasteiger charge is -2.33. The number of halogens is 1. The highest BCUT2D eigenvalue weighted by atomic mass is 79.9. The maximum absolute atomic E-state index is 12.1. The first-order valence-corrected chi connectivity index (χ1v) is 7.70. The van der Waals surface area contributed by atoms with E-state index in [1.165, 1.54) is 12.0 Å². The summed E-state index contributed by atoms with van der Waals surface area (Å²) in [4.78, 5) is 12.1. The van der Waals surface area contributed by atoms with Crippen LogP contribution in [0.3, 0.4) is 0 Å². The van der Waals surface area contributed by atoms with Crippen LogP contribution in [0.4, 0.5) is 0 Å². The summed E-state index contributed by atoms with van der Waals surface area (Å²) < 4.78 is 5.22. The molecule has 0 radical (unpaired) electrons. The number of hydrogen-bond acceptors (Lipinski definition) is 3. The normalized spacial score (nSPS) is 23.0. The van der Waals surface area contributed by atoms with Crippen LogP contribution in [0.25, 0.3) is 0 Å². The van der Waals surface area contributed by atoms with Crippen LogP contribution in [0.2, 0.25) is 0 Å². The van der Waals surface area contributed by atoms with Gasteiger partial charge in [-0.15, -0.1) is 17.0 Å². The van der Waals surface area contributed by atoms with Crippen molar-refractivity contribution < 1.29 is 9.53 Å². The molecular weight excluding hydrogens is 330 g/mol. The Balaban J connectivity index is 0.00000220. The van der Waals surface area contributed by atoms with Gasteiger partial charge >= 0.3 is 5.97 Å². The molecular formula is C17H26BrNO2. The van der Waals surface area contributed by atoms with Crippen LogP contribution < -0.4 is 5.32 Å². The van der Waals surface area contributed by atoms with Crippen molar-refractivity contribution in [2.75, 3.05) is 6.61 Å². The van der Waals surface area contributed by atoms with E-state index in [0.717, 1.165) is 19.3 Å².